The van der Waals surface area contributed by atoms with Gasteiger partial charge in [0.1, 0.15) is 18.1 Å². The third-order valence-corrected chi connectivity index (χ3v) is 7.68. The second-order valence-corrected chi connectivity index (χ2v) is 9.70. The number of aromatic amines is 1. The molecular formula is C28H37N5O3. The molecule has 1 spiro atoms. The van der Waals surface area contributed by atoms with Gasteiger partial charge in [-0.1, -0.05) is 18.2 Å². The number of H-pyrrole nitrogens is 1. The van der Waals surface area contributed by atoms with Crippen molar-refractivity contribution in [1.29, 1.82) is 0 Å². The van der Waals surface area contributed by atoms with Crippen LogP contribution in [0, 0.1) is 0 Å². The van der Waals surface area contributed by atoms with Crippen LogP contribution in [0.2, 0.25) is 0 Å². The molecule has 1 atom stereocenters. The van der Waals surface area contributed by atoms with Crippen LogP contribution in [0.4, 0.5) is 0 Å². The Morgan fingerprint density at radius 1 is 1.11 bits per heavy atom. The van der Waals surface area contributed by atoms with E-state index in [2.05, 4.69) is 37.6 Å². The van der Waals surface area contributed by atoms with E-state index in [1.807, 2.05) is 36.4 Å². The molecule has 3 aromatic rings. The Hall–Kier alpha value is -3.07. The molecule has 36 heavy (non-hydrogen) atoms. The van der Waals surface area contributed by atoms with E-state index in [-0.39, 0.29) is 11.4 Å². The molecule has 8 heteroatoms. The largest absolute Gasteiger partial charge is 0.497 e. The highest BCUT2D eigenvalue weighted by Crippen LogP contribution is 2.44. The van der Waals surface area contributed by atoms with Gasteiger partial charge in [-0.05, 0) is 48.7 Å². The maximum Gasteiger partial charge on any atom is 0.233 e. The summed E-state index contributed by atoms with van der Waals surface area (Å²) in [6.07, 6.45) is 2.06. The van der Waals surface area contributed by atoms with Gasteiger partial charge in [0, 0.05) is 62.9 Å². The zero-order valence-corrected chi connectivity index (χ0v) is 21.3. The summed E-state index contributed by atoms with van der Waals surface area (Å²) in [5.41, 5.74) is 3.85. The summed E-state index contributed by atoms with van der Waals surface area (Å²) in [5.74, 6) is 1.82. The van der Waals surface area contributed by atoms with Gasteiger partial charge < -0.3 is 25.1 Å². The molecule has 8 nitrogen and oxygen atoms in total. The highest BCUT2D eigenvalue weighted by molar-refractivity contribution is 5.87. The van der Waals surface area contributed by atoms with Crippen LogP contribution < -0.4 is 20.1 Å². The second kappa shape index (κ2) is 10.9. The first-order chi connectivity index (χ1) is 17.6. The maximum atomic E-state index is 11.7. The Labute approximate surface area is 212 Å². The topological polar surface area (TPSA) is 81.9 Å². The molecule has 0 saturated carbocycles. The zero-order valence-electron chi connectivity index (χ0n) is 21.3. The number of carbonyl (C=O) groups excluding carboxylic acids is 1. The Kier molecular flexibility index (Phi) is 7.46. The number of nitrogens with zero attached hydrogens (tertiary/aromatic N) is 2. The Morgan fingerprint density at radius 2 is 1.97 bits per heavy atom. The van der Waals surface area contributed by atoms with E-state index in [0.29, 0.717) is 13.2 Å². The summed E-state index contributed by atoms with van der Waals surface area (Å²) in [5, 5.41) is 7.25. The quantitative estimate of drug-likeness (QED) is 0.378. The number of likely N-dealkylation sites (tertiary alicyclic amines) is 1. The number of amides is 1. The third kappa shape index (κ3) is 4.93. The molecule has 192 valence electrons. The highest BCUT2D eigenvalue weighted by Gasteiger charge is 2.48. The lowest BCUT2D eigenvalue weighted by molar-refractivity contribution is -0.119. The molecule has 0 bridgehead atoms. The number of benzene rings is 2. The van der Waals surface area contributed by atoms with E-state index in [0.717, 1.165) is 63.6 Å². The number of likely N-dealkylation sites (N-methyl/N-ethyl adjacent to an activating group) is 1. The molecule has 0 aliphatic carbocycles. The number of fused-ring (bicyclic) bond motifs is 4. The fourth-order valence-corrected chi connectivity index (χ4v) is 5.79. The number of aromatic nitrogens is 1. The maximum absolute atomic E-state index is 11.7. The molecule has 2 aliphatic rings. The molecular weight excluding hydrogens is 454 g/mol. The number of para-hydroxylation sites is 1. The van der Waals surface area contributed by atoms with Crippen molar-refractivity contribution < 1.29 is 14.3 Å². The van der Waals surface area contributed by atoms with Gasteiger partial charge in [-0.25, -0.2) is 0 Å². The van der Waals surface area contributed by atoms with Gasteiger partial charge in [-0.3, -0.25) is 14.6 Å². The minimum absolute atomic E-state index is 0.0145. The molecule has 1 amide bonds. The van der Waals surface area contributed by atoms with Crippen LogP contribution in [0.25, 0.3) is 10.9 Å². The Balaban J connectivity index is 1.35. The van der Waals surface area contributed by atoms with Gasteiger partial charge in [0.05, 0.1) is 19.2 Å². The van der Waals surface area contributed by atoms with Crippen LogP contribution in [0.15, 0.2) is 48.5 Å². The lowest BCUT2D eigenvalue weighted by atomic mass is 9.84. The van der Waals surface area contributed by atoms with Gasteiger partial charge in [0.15, 0.2) is 0 Å². The molecule has 1 fully saturated rings. The van der Waals surface area contributed by atoms with E-state index < -0.39 is 0 Å². The summed E-state index contributed by atoms with van der Waals surface area (Å²) < 4.78 is 11.5. The van der Waals surface area contributed by atoms with Crippen molar-refractivity contribution in [2.24, 2.45) is 0 Å². The summed E-state index contributed by atoms with van der Waals surface area (Å²) >= 11 is 0. The number of rotatable bonds is 10. The molecule has 1 saturated heterocycles. The molecule has 1 unspecified atom stereocenters. The summed E-state index contributed by atoms with van der Waals surface area (Å²) in [6.45, 7) is 6.55. The first-order valence-corrected chi connectivity index (χ1v) is 12.9. The van der Waals surface area contributed by atoms with Crippen LogP contribution in [-0.4, -0.2) is 87.3 Å². The molecule has 0 radical (unpaired) electrons. The molecule has 3 N–H and O–H groups in total. The van der Waals surface area contributed by atoms with E-state index in [1.54, 1.807) is 14.2 Å². The normalized spacial score (nSPS) is 20.1. The van der Waals surface area contributed by atoms with Crippen molar-refractivity contribution in [2.45, 2.75) is 18.4 Å². The minimum atomic E-state index is -0.0821. The van der Waals surface area contributed by atoms with Crippen LogP contribution in [0.5, 0.6) is 11.5 Å². The fourth-order valence-electron chi connectivity index (χ4n) is 5.79. The summed E-state index contributed by atoms with van der Waals surface area (Å²) in [4.78, 5) is 20.6. The van der Waals surface area contributed by atoms with Gasteiger partial charge in [-0.2, -0.15) is 0 Å². The molecule has 1 aromatic heterocycles. The SMILES string of the molecule is CNC(=O)CNCCN1CCc2c([nH]c3ccc(OC)cc23)C12CCN(CCOc1ccccc1)C2. The van der Waals surface area contributed by atoms with Crippen molar-refractivity contribution in [3.8, 4) is 11.5 Å². The van der Waals surface area contributed by atoms with Crippen molar-refractivity contribution in [3.05, 3.63) is 59.8 Å². The summed E-state index contributed by atoms with van der Waals surface area (Å²) in [7, 11) is 3.40. The predicted molar refractivity (Wildman–Crippen MR) is 142 cm³/mol. The van der Waals surface area contributed by atoms with Crippen molar-refractivity contribution in [2.75, 3.05) is 66.6 Å². The lowest BCUT2D eigenvalue weighted by Crippen LogP contribution is -2.54. The van der Waals surface area contributed by atoms with Gasteiger partial charge >= 0.3 is 0 Å². The number of carbonyl (C=O) groups is 1. The first-order valence-electron chi connectivity index (χ1n) is 12.9. The smallest absolute Gasteiger partial charge is 0.233 e. The number of ether oxygens (including phenoxy) is 2. The third-order valence-electron chi connectivity index (χ3n) is 7.68. The Bertz CT molecular complexity index is 1180. The van der Waals surface area contributed by atoms with Gasteiger partial charge in [-0.15, -0.1) is 0 Å². The fraction of sp³-hybridized carbons (Fsp3) is 0.464. The van der Waals surface area contributed by atoms with Crippen LogP contribution in [0.1, 0.15) is 17.7 Å². The number of hydrogen-bond donors (Lipinski definition) is 3. The van der Waals surface area contributed by atoms with Crippen LogP contribution in [0.3, 0.4) is 0 Å². The molecule has 3 heterocycles. The minimum Gasteiger partial charge on any atom is -0.497 e. The predicted octanol–water partition coefficient (Wildman–Crippen LogP) is 2.35. The van der Waals surface area contributed by atoms with E-state index in [9.17, 15) is 4.79 Å². The number of hydrogen-bond acceptors (Lipinski definition) is 6. The van der Waals surface area contributed by atoms with E-state index >= 15 is 0 Å². The monoisotopic (exact) mass is 491 g/mol. The molecule has 2 aromatic carbocycles. The van der Waals surface area contributed by atoms with Crippen molar-refractivity contribution in [3.63, 3.8) is 0 Å². The summed E-state index contributed by atoms with van der Waals surface area (Å²) in [6, 6.07) is 16.4. The first kappa shape index (κ1) is 24.6. The Morgan fingerprint density at radius 3 is 2.78 bits per heavy atom. The average Bonchev–Trinajstić information content (AvgIpc) is 3.50. The van der Waals surface area contributed by atoms with Crippen LogP contribution in [-0.2, 0) is 16.8 Å². The number of nitrogens with one attached hydrogen (secondary N) is 3. The average molecular weight is 492 g/mol. The van der Waals surface area contributed by atoms with Crippen LogP contribution >= 0.6 is 0 Å². The van der Waals surface area contributed by atoms with E-state index in [1.165, 1.54) is 22.2 Å². The molecule has 5 rings (SSSR count). The van der Waals surface area contributed by atoms with Crippen molar-refractivity contribution in [1.82, 2.24) is 25.4 Å². The van der Waals surface area contributed by atoms with Crippen molar-refractivity contribution >= 4 is 16.8 Å². The van der Waals surface area contributed by atoms with E-state index in [4.69, 9.17) is 9.47 Å². The zero-order chi connectivity index (χ0) is 25.0. The number of methoxy groups -OCH3 is 1. The van der Waals surface area contributed by atoms with Gasteiger partial charge in [0.2, 0.25) is 5.91 Å². The second-order valence-electron chi connectivity index (χ2n) is 9.70. The van der Waals surface area contributed by atoms with Gasteiger partial charge in [0.25, 0.3) is 0 Å². The molecule has 2 aliphatic heterocycles. The highest BCUT2D eigenvalue weighted by atomic mass is 16.5. The standard InChI is InChI=1S/C28H37N5O3/c1-29-26(34)19-30-12-15-33-13-10-23-24-18-22(35-2)8-9-25(24)31-27(23)28(33)11-14-32(20-28)16-17-36-21-6-4-3-5-7-21/h3-9,18,30-31H,10-17,19-20H2,1-2H3,(H,29,34). The lowest BCUT2D eigenvalue weighted by Gasteiger charge is -2.45.